The first kappa shape index (κ1) is 22.5. The highest BCUT2D eigenvalue weighted by Crippen LogP contribution is 2.59. The van der Waals surface area contributed by atoms with Crippen molar-refractivity contribution in [2.75, 3.05) is 0 Å². The summed E-state index contributed by atoms with van der Waals surface area (Å²) in [5.41, 5.74) is 3.58. The highest BCUT2D eigenvalue weighted by molar-refractivity contribution is 5.29. The van der Waals surface area contributed by atoms with E-state index in [4.69, 9.17) is 0 Å². The first-order chi connectivity index (χ1) is 13.7. The van der Waals surface area contributed by atoms with Crippen LogP contribution in [0.15, 0.2) is 47.6 Å². The summed E-state index contributed by atoms with van der Waals surface area (Å²) in [5, 5.41) is 29.7. The summed E-state index contributed by atoms with van der Waals surface area (Å²) >= 11 is 0. The summed E-state index contributed by atoms with van der Waals surface area (Å²) in [6.07, 6.45) is 15.6. The standard InChI is InChI=1S/C26H40O3/c1-17(7-5-8-18(2)27)22-12-13-23-21(9-6-14-26(22,23)4)11-10-20-15-24(28)19(3)25(29)16-20/h5,7,10-11,17-18,22-25,27-29H,3,6,8-9,12-16H2,1-2,4H3/b7-5+,20-10?,21-11+/t17-,18?,22?,23+,24-,25?,26?/m1/s1. The Balaban J connectivity index is 1.72. The molecule has 3 nitrogen and oxygen atoms in total. The van der Waals surface area contributed by atoms with Crippen molar-refractivity contribution < 1.29 is 15.3 Å². The van der Waals surface area contributed by atoms with E-state index in [2.05, 4.69) is 44.7 Å². The molecule has 4 unspecified atom stereocenters. The van der Waals surface area contributed by atoms with Crippen LogP contribution in [-0.2, 0) is 0 Å². The van der Waals surface area contributed by atoms with Gasteiger partial charge in [-0.1, -0.05) is 55.9 Å². The number of aliphatic hydroxyl groups excluding tert-OH is 3. The smallest absolute Gasteiger partial charge is 0.0809 e. The van der Waals surface area contributed by atoms with E-state index in [0.717, 1.165) is 12.0 Å². The molecule has 0 aliphatic heterocycles. The number of fused-ring (bicyclic) bond motifs is 1. The molecule has 0 heterocycles. The first-order valence-corrected chi connectivity index (χ1v) is 11.5. The Hall–Kier alpha value is -1.16. The fourth-order valence-electron chi connectivity index (χ4n) is 6.19. The third-order valence-corrected chi connectivity index (χ3v) is 7.89. The number of rotatable bonds is 5. The van der Waals surface area contributed by atoms with E-state index in [1.54, 1.807) is 5.57 Å². The lowest BCUT2D eigenvalue weighted by Gasteiger charge is -2.44. The van der Waals surface area contributed by atoms with E-state index in [-0.39, 0.29) is 6.10 Å². The van der Waals surface area contributed by atoms with Crippen LogP contribution in [0.5, 0.6) is 0 Å². The summed E-state index contributed by atoms with van der Waals surface area (Å²) in [4.78, 5) is 0. The minimum atomic E-state index is -0.620. The third kappa shape index (κ3) is 4.95. The third-order valence-electron chi connectivity index (χ3n) is 7.89. The summed E-state index contributed by atoms with van der Waals surface area (Å²) < 4.78 is 0. The van der Waals surface area contributed by atoms with Gasteiger partial charge in [0, 0.05) is 0 Å². The lowest BCUT2D eigenvalue weighted by atomic mass is 9.61. The molecule has 3 aliphatic carbocycles. The molecule has 3 fully saturated rings. The molecule has 3 rings (SSSR count). The molecule has 3 heteroatoms. The van der Waals surface area contributed by atoms with E-state index < -0.39 is 12.2 Å². The van der Waals surface area contributed by atoms with Crippen molar-refractivity contribution in [3.63, 3.8) is 0 Å². The number of hydrogen-bond acceptors (Lipinski definition) is 3. The Bertz CT molecular complexity index is 670. The van der Waals surface area contributed by atoms with E-state index in [9.17, 15) is 15.3 Å². The maximum atomic E-state index is 10.1. The molecule has 3 aliphatic rings. The lowest BCUT2D eigenvalue weighted by molar-refractivity contribution is 0.112. The first-order valence-electron chi connectivity index (χ1n) is 11.5. The van der Waals surface area contributed by atoms with Crippen molar-refractivity contribution >= 4 is 0 Å². The largest absolute Gasteiger partial charge is 0.393 e. The van der Waals surface area contributed by atoms with Gasteiger partial charge in [0.1, 0.15) is 0 Å². The van der Waals surface area contributed by atoms with Crippen molar-refractivity contribution in [1.29, 1.82) is 0 Å². The molecular weight excluding hydrogens is 360 g/mol. The van der Waals surface area contributed by atoms with Gasteiger partial charge in [-0.15, -0.1) is 0 Å². The fraction of sp³-hybridized carbons (Fsp3) is 0.692. The molecule has 0 saturated heterocycles. The molecule has 3 saturated carbocycles. The summed E-state index contributed by atoms with van der Waals surface area (Å²) in [5.74, 6) is 1.87. The monoisotopic (exact) mass is 400 g/mol. The molecular formula is C26H40O3. The maximum Gasteiger partial charge on any atom is 0.0809 e. The number of allylic oxidation sites excluding steroid dienone is 4. The Morgan fingerprint density at radius 1 is 1.14 bits per heavy atom. The molecule has 0 aromatic rings. The molecule has 29 heavy (non-hydrogen) atoms. The molecule has 0 spiro atoms. The second-order valence-corrected chi connectivity index (χ2v) is 10.0. The quantitative estimate of drug-likeness (QED) is 0.563. The highest BCUT2D eigenvalue weighted by atomic mass is 16.3. The van der Waals surface area contributed by atoms with Gasteiger partial charge >= 0.3 is 0 Å². The normalized spacial score (nSPS) is 40.6. The van der Waals surface area contributed by atoms with E-state index >= 15 is 0 Å². The molecule has 0 aromatic carbocycles. The zero-order chi connectivity index (χ0) is 21.2. The SMILES string of the molecule is C=C1C(O)CC(=C/C=C2\CCCC3(C)C([C@H](C)/C=C/CC(C)O)CC[C@@H]23)C[C@H]1O. The molecule has 0 amide bonds. The molecule has 0 radical (unpaired) electrons. The highest BCUT2D eigenvalue weighted by Gasteiger charge is 2.50. The van der Waals surface area contributed by atoms with Gasteiger partial charge in [-0.3, -0.25) is 0 Å². The predicted octanol–water partition coefficient (Wildman–Crippen LogP) is 5.09. The molecule has 3 N–H and O–H groups in total. The lowest BCUT2D eigenvalue weighted by Crippen LogP contribution is -2.35. The van der Waals surface area contributed by atoms with Gasteiger partial charge in [0.2, 0.25) is 0 Å². The average molecular weight is 401 g/mol. The average Bonchev–Trinajstić information content (AvgIpc) is 3.01. The van der Waals surface area contributed by atoms with Crippen LogP contribution in [0, 0.1) is 23.2 Å². The Kier molecular flexibility index (Phi) is 7.24. The Morgan fingerprint density at radius 3 is 2.48 bits per heavy atom. The van der Waals surface area contributed by atoms with Crippen molar-refractivity contribution in [3.8, 4) is 0 Å². The molecule has 0 aromatic heterocycles. The maximum absolute atomic E-state index is 10.1. The van der Waals surface area contributed by atoms with Crippen LogP contribution in [0.25, 0.3) is 0 Å². The Morgan fingerprint density at radius 2 is 1.83 bits per heavy atom. The van der Waals surface area contributed by atoms with Crippen LogP contribution in [0.1, 0.15) is 72.1 Å². The number of aliphatic hydroxyl groups is 3. The van der Waals surface area contributed by atoms with Gasteiger partial charge < -0.3 is 15.3 Å². The van der Waals surface area contributed by atoms with Gasteiger partial charge in [0.15, 0.2) is 0 Å². The minimum absolute atomic E-state index is 0.267. The van der Waals surface area contributed by atoms with Gasteiger partial charge in [-0.25, -0.2) is 0 Å². The van der Waals surface area contributed by atoms with Crippen LogP contribution in [-0.4, -0.2) is 33.6 Å². The van der Waals surface area contributed by atoms with Crippen molar-refractivity contribution in [1.82, 2.24) is 0 Å². The molecule has 7 atom stereocenters. The zero-order valence-corrected chi connectivity index (χ0v) is 18.5. The van der Waals surface area contributed by atoms with Gasteiger partial charge in [-0.05, 0) is 87.0 Å². The fourth-order valence-corrected chi connectivity index (χ4v) is 6.19. The van der Waals surface area contributed by atoms with Crippen LogP contribution in [0.3, 0.4) is 0 Å². The van der Waals surface area contributed by atoms with Gasteiger partial charge in [-0.2, -0.15) is 0 Å². The Labute approximate surface area is 176 Å². The molecule has 0 bridgehead atoms. The van der Waals surface area contributed by atoms with E-state index in [0.29, 0.717) is 41.6 Å². The van der Waals surface area contributed by atoms with Crippen LogP contribution < -0.4 is 0 Å². The van der Waals surface area contributed by atoms with Gasteiger partial charge in [0.25, 0.3) is 0 Å². The number of hydrogen-bond donors (Lipinski definition) is 3. The van der Waals surface area contributed by atoms with Crippen LogP contribution in [0.2, 0.25) is 0 Å². The second-order valence-electron chi connectivity index (χ2n) is 10.0. The zero-order valence-electron chi connectivity index (χ0n) is 18.5. The van der Waals surface area contributed by atoms with Crippen molar-refractivity contribution in [3.05, 3.63) is 47.6 Å². The van der Waals surface area contributed by atoms with Crippen molar-refractivity contribution in [2.24, 2.45) is 23.2 Å². The van der Waals surface area contributed by atoms with E-state index in [1.165, 1.54) is 32.1 Å². The van der Waals surface area contributed by atoms with Crippen LogP contribution >= 0.6 is 0 Å². The summed E-state index contributed by atoms with van der Waals surface area (Å²) in [6, 6.07) is 0. The molecule has 162 valence electrons. The summed E-state index contributed by atoms with van der Waals surface area (Å²) in [7, 11) is 0. The van der Waals surface area contributed by atoms with Crippen LogP contribution in [0.4, 0.5) is 0 Å². The topological polar surface area (TPSA) is 60.7 Å². The summed E-state index contributed by atoms with van der Waals surface area (Å²) in [6.45, 7) is 10.5. The van der Waals surface area contributed by atoms with Crippen molar-refractivity contribution in [2.45, 2.75) is 90.4 Å². The van der Waals surface area contributed by atoms with E-state index in [1.807, 2.05) is 6.92 Å². The van der Waals surface area contributed by atoms with Gasteiger partial charge in [0.05, 0.1) is 18.3 Å². The second kappa shape index (κ2) is 9.32. The predicted molar refractivity (Wildman–Crippen MR) is 119 cm³/mol. The minimum Gasteiger partial charge on any atom is -0.393 e.